The van der Waals surface area contributed by atoms with Gasteiger partial charge < -0.3 is 15.0 Å². The Morgan fingerprint density at radius 3 is 2.50 bits per heavy atom. The molecule has 0 fully saturated rings. The van der Waals surface area contributed by atoms with Crippen LogP contribution >= 0.6 is 0 Å². The summed E-state index contributed by atoms with van der Waals surface area (Å²) >= 11 is 0. The lowest BCUT2D eigenvalue weighted by Crippen LogP contribution is -2.19. The van der Waals surface area contributed by atoms with Crippen molar-refractivity contribution >= 4 is 11.8 Å². The molecule has 3 rings (SSSR count). The third kappa shape index (κ3) is 4.92. The Labute approximate surface area is 153 Å². The largest absolute Gasteiger partial charge is 0.497 e. The Bertz CT molecular complexity index is 808. The summed E-state index contributed by atoms with van der Waals surface area (Å²) in [5.41, 5.74) is 2.45. The first kappa shape index (κ1) is 17.7. The van der Waals surface area contributed by atoms with Crippen molar-refractivity contribution in [3.8, 4) is 5.75 Å². The molecule has 1 aromatic heterocycles. The topological polar surface area (TPSA) is 63.2 Å². The minimum Gasteiger partial charge on any atom is -0.497 e. The molecule has 0 radical (unpaired) electrons. The van der Waals surface area contributed by atoms with Crippen molar-refractivity contribution in [2.45, 2.75) is 13.0 Å². The number of nitrogens with zero attached hydrogens (tertiary/aromatic N) is 4. The first-order valence-electron chi connectivity index (χ1n) is 8.56. The molecule has 6 heteroatoms. The van der Waals surface area contributed by atoms with E-state index >= 15 is 0 Å². The lowest BCUT2D eigenvalue weighted by atomic mass is 10.1. The Morgan fingerprint density at radius 2 is 1.77 bits per heavy atom. The number of rotatable bonds is 8. The van der Waals surface area contributed by atoms with E-state index in [1.165, 1.54) is 11.1 Å². The fourth-order valence-corrected chi connectivity index (χ4v) is 2.60. The van der Waals surface area contributed by atoms with Crippen LogP contribution in [0.1, 0.15) is 11.1 Å². The van der Waals surface area contributed by atoms with E-state index in [1.807, 2.05) is 37.4 Å². The van der Waals surface area contributed by atoms with Crippen molar-refractivity contribution in [1.29, 1.82) is 0 Å². The first-order valence-corrected chi connectivity index (χ1v) is 8.56. The van der Waals surface area contributed by atoms with Crippen LogP contribution in [-0.4, -0.2) is 35.9 Å². The van der Waals surface area contributed by atoms with E-state index in [4.69, 9.17) is 4.74 Å². The number of ether oxygens (including phenoxy) is 1. The highest BCUT2D eigenvalue weighted by molar-refractivity contribution is 5.40. The van der Waals surface area contributed by atoms with Crippen LogP contribution in [0.3, 0.4) is 0 Å². The maximum atomic E-state index is 5.17. The quantitative estimate of drug-likeness (QED) is 0.674. The maximum Gasteiger partial charge on any atom is 0.244 e. The lowest BCUT2D eigenvalue weighted by molar-refractivity contribution is 0.414. The van der Waals surface area contributed by atoms with E-state index in [-0.39, 0.29) is 0 Å². The molecule has 1 heterocycles. The van der Waals surface area contributed by atoms with E-state index in [0.717, 1.165) is 31.1 Å². The number of hydrogen-bond donors (Lipinski definition) is 1. The molecule has 3 aromatic rings. The van der Waals surface area contributed by atoms with Crippen LogP contribution in [0, 0.1) is 0 Å². The summed E-state index contributed by atoms with van der Waals surface area (Å²) in [4.78, 5) is 6.60. The van der Waals surface area contributed by atoms with Gasteiger partial charge in [0.2, 0.25) is 5.95 Å². The smallest absolute Gasteiger partial charge is 0.244 e. The summed E-state index contributed by atoms with van der Waals surface area (Å²) in [5, 5.41) is 11.4. The maximum absolute atomic E-state index is 5.17. The van der Waals surface area contributed by atoms with E-state index < -0.39 is 0 Å². The minimum atomic E-state index is 0.538. The Hall–Kier alpha value is -3.15. The molecular formula is C20H23N5O. The molecular weight excluding hydrogens is 326 g/mol. The lowest BCUT2D eigenvalue weighted by Gasteiger charge is -2.18. The number of methoxy groups -OCH3 is 1. The van der Waals surface area contributed by atoms with Crippen molar-refractivity contribution in [3.63, 3.8) is 0 Å². The normalized spacial score (nSPS) is 10.4. The molecule has 0 aliphatic carbocycles. The molecule has 0 unspecified atom stereocenters. The summed E-state index contributed by atoms with van der Waals surface area (Å²) in [6, 6.07) is 18.3. The summed E-state index contributed by atoms with van der Waals surface area (Å²) in [6.07, 6.45) is 2.55. The van der Waals surface area contributed by atoms with Gasteiger partial charge in [-0.3, -0.25) is 0 Å². The van der Waals surface area contributed by atoms with Crippen molar-refractivity contribution in [2.75, 3.05) is 30.9 Å². The Morgan fingerprint density at radius 1 is 1.00 bits per heavy atom. The molecule has 0 atom stereocenters. The van der Waals surface area contributed by atoms with E-state index in [1.54, 1.807) is 13.3 Å². The molecule has 26 heavy (non-hydrogen) atoms. The number of nitrogens with one attached hydrogen (secondary N) is 1. The number of anilines is 2. The fraction of sp³-hybridized carbons (Fsp3) is 0.250. The third-order valence-corrected chi connectivity index (χ3v) is 4.06. The van der Waals surface area contributed by atoms with Gasteiger partial charge >= 0.3 is 0 Å². The summed E-state index contributed by atoms with van der Waals surface area (Å²) in [7, 11) is 3.67. The van der Waals surface area contributed by atoms with E-state index in [2.05, 4.69) is 49.7 Å². The zero-order valence-electron chi connectivity index (χ0n) is 15.1. The van der Waals surface area contributed by atoms with Gasteiger partial charge in [-0.1, -0.05) is 42.5 Å². The second-order valence-electron chi connectivity index (χ2n) is 6.00. The average Bonchev–Trinajstić information content (AvgIpc) is 2.69. The molecule has 0 saturated heterocycles. The summed E-state index contributed by atoms with van der Waals surface area (Å²) < 4.78 is 5.17. The Balaban J connectivity index is 1.54. The van der Waals surface area contributed by atoms with Crippen molar-refractivity contribution < 1.29 is 4.74 Å². The van der Waals surface area contributed by atoms with Gasteiger partial charge in [0, 0.05) is 20.1 Å². The number of benzene rings is 2. The molecule has 2 aromatic carbocycles. The van der Waals surface area contributed by atoms with Gasteiger partial charge in [0.25, 0.3) is 0 Å². The van der Waals surface area contributed by atoms with Crippen LogP contribution < -0.4 is 15.0 Å². The molecule has 0 aliphatic heterocycles. The first-order chi connectivity index (χ1) is 12.7. The van der Waals surface area contributed by atoms with Gasteiger partial charge in [-0.25, -0.2) is 0 Å². The SMILES string of the molecule is COc1ccc(CCNc2nncc(N(C)Cc3ccccc3)n2)cc1. The molecule has 0 aliphatic rings. The third-order valence-electron chi connectivity index (χ3n) is 4.06. The van der Waals surface area contributed by atoms with Crippen LogP contribution in [-0.2, 0) is 13.0 Å². The van der Waals surface area contributed by atoms with Crippen LogP contribution in [0.25, 0.3) is 0 Å². The zero-order chi connectivity index (χ0) is 18.2. The summed E-state index contributed by atoms with van der Waals surface area (Å²) in [6.45, 7) is 1.50. The second kappa shape index (κ2) is 8.80. The van der Waals surface area contributed by atoms with Crippen molar-refractivity contribution in [2.24, 2.45) is 0 Å². The molecule has 1 N–H and O–H groups in total. The van der Waals surface area contributed by atoms with Crippen LogP contribution in [0.2, 0.25) is 0 Å². The Kier molecular flexibility index (Phi) is 5.98. The van der Waals surface area contributed by atoms with Gasteiger partial charge in [-0.15, -0.1) is 5.10 Å². The number of hydrogen-bond acceptors (Lipinski definition) is 6. The van der Waals surface area contributed by atoms with Gasteiger partial charge in [-0.05, 0) is 29.7 Å². The summed E-state index contributed by atoms with van der Waals surface area (Å²) in [5.74, 6) is 2.19. The van der Waals surface area contributed by atoms with E-state index in [0.29, 0.717) is 5.95 Å². The molecule has 0 amide bonds. The minimum absolute atomic E-state index is 0.538. The molecule has 134 valence electrons. The highest BCUT2D eigenvalue weighted by Crippen LogP contribution is 2.14. The van der Waals surface area contributed by atoms with Gasteiger partial charge in [0.15, 0.2) is 5.82 Å². The van der Waals surface area contributed by atoms with Gasteiger partial charge in [0.1, 0.15) is 5.75 Å². The van der Waals surface area contributed by atoms with Crippen LogP contribution in [0.15, 0.2) is 60.8 Å². The highest BCUT2D eigenvalue weighted by Gasteiger charge is 2.06. The second-order valence-corrected chi connectivity index (χ2v) is 6.00. The molecule has 0 bridgehead atoms. The number of aromatic nitrogens is 3. The van der Waals surface area contributed by atoms with Crippen LogP contribution in [0.4, 0.5) is 11.8 Å². The van der Waals surface area contributed by atoms with Gasteiger partial charge in [-0.2, -0.15) is 10.1 Å². The van der Waals surface area contributed by atoms with Crippen molar-refractivity contribution in [1.82, 2.24) is 15.2 Å². The highest BCUT2D eigenvalue weighted by atomic mass is 16.5. The van der Waals surface area contributed by atoms with Gasteiger partial charge in [0.05, 0.1) is 13.3 Å². The molecule has 0 spiro atoms. The molecule has 6 nitrogen and oxygen atoms in total. The monoisotopic (exact) mass is 349 g/mol. The van der Waals surface area contributed by atoms with E-state index in [9.17, 15) is 0 Å². The predicted molar refractivity (Wildman–Crippen MR) is 104 cm³/mol. The van der Waals surface area contributed by atoms with Crippen LogP contribution in [0.5, 0.6) is 5.75 Å². The average molecular weight is 349 g/mol. The predicted octanol–water partition coefficient (Wildman–Crippen LogP) is 3.17. The standard InChI is InChI=1S/C20H23N5O/c1-25(15-17-6-4-3-5-7-17)19-14-22-24-20(23-19)21-13-12-16-8-10-18(26-2)11-9-16/h3-11,14H,12-13,15H2,1-2H3,(H,21,23,24). The van der Waals surface area contributed by atoms with Crippen molar-refractivity contribution in [3.05, 3.63) is 71.9 Å². The fourth-order valence-electron chi connectivity index (χ4n) is 2.60. The molecule has 0 saturated carbocycles. The zero-order valence-corrected chi connectivity index (χ0v) is 15.1.